The Balaban J connectivity index is 1.48. The van der Waals surface area contributed by atoms with Gasteiger partial charge in [-0.25, -0.2) is 0 Å². The molecule has 3 saturated heterocycles. The highest BCUT2D eigenvalue weighted by Crippen LogP contribution is 2.39. The zero-order valence-electron chi connectivity index (χ0n) is 12.2. The summed E-state index contributed by atoms with van der Waals surface area (Å²) in [6, 6.07) is 0. The van der Waals surface area contributed by atoms with Crippen molar-refractivity contribution in [1.29, 1.82) is 0 Å². The molecular weight excluding hydrogens is 222 g/mol. The van der Waals surface area contributed by atoms with Crippen molar-refractivity contribution in [2.45, 2.75) is 25.7 Å². The van der Waals surface area contributed by atoms with Crippen LogP contribution in [0.4, 0.5) is 0 Å². The van der Waals surface area contributed by atoms with Gasteiger partial charge in [-0.1, -0.05) is 0 Å². The number of likely N-dealkylation sites (tertiary alicyclic amines) is 3. The molecule has 0 aromatic heterocycles. The van der Waals surface area contributed by atoms with Crippen LogP contribution in [0.15, 0.2) is 0 Å². The van der Waals surface area contributed by atoms with Gasteiger partial charge in [0.2, 0.25) is 0 Å². The van der Waals surface area contributed by atoms with Gasteiger partial charge in [0.05, 0.1) is 0 Å². The third kappa shape index (κ3) is 2.73. The Morgan fingerprint density at radius 2 is 1.61 bits per heavy atom. The average Bonchev–Trinajstić information content (AvgIpc) is 2.90. The number of hydrogen-bond donors (Lipinski definition) is 0. The van der Waals surface area contributed by atoms with E-state index < -0.39 is 0 Å². The van der Waals surface area contributed by atoms with Crippen molar-refractivity contribution in [3.8, 4) is 0 Å². The molecule has 3 fully saturated rings. The van der Waals surface area contributed by atoms with E-state index in [0.717, 1.165) is 5.92 Å². The summed E-state index contributed by atoms with van der Waals surface area (Å²) in [5.41, 5.74) is 0.667. The van der Waals surface area contributed by atoms with Crippen LogP contribution in [0.3, 0.4) is 0 Å². The molecule has 1 spiro atoms. The summed E-state index contributed by atoms with van der Waals surface area (Å²) in [7, 11) is 4.55. The van der Waals surface area contributed by atoms with Crippen molar-refractivity contribution >= 4 is 0 Å². The van der Waals surface area contributed by atoms with Crippen molar-refractivity contribution < 1.29 is 0 Å². The highest BCUT2D eigenvalue weighted by Gasteiger charge is 2.42. The minimum atomic E-state index is 0.667. The van der Waals surface area contributed by atoms with E-state index in [1.54, 1.807) is 0 Å². The van der Waals surface area contributed by atoms with Crippen LogP contribution in [-0.4, -0.2) is 74.6 Å². The smallest absolute Gasteiger partial charge is 0.00513 e. The number of rotatable bonds is 2. The molecule has 0 amide bonds. The van der Waals surface area contributed by atoms with Gasteiger partial charge < -0.3 is 14.7 Å². The van der Waals surface area contributed by atoms with Gasteiger partial charge in [-0.2, -0.15) is 0 Å². The number of nitrogens with zero attached hydrogens (tertiary/aromatic N) is 3. The van der Waals surface area contributed by atoms with E-state index in [2.05, 4.69) is 28.8 Å². The van der Waals surface area contributed by atoms with Crippen LogP contribution in [0.5, 0.6) is 0 Å². The van der Waals surface area contributed by atoms with Gasteiger partial charge in [-0.15, -0.1) is 0 Å². The second-order valence-corrected chi connectivity index (χ2v) is 7.22. The molecule has 1 unspecified atom stereocenters. The minimum Gasteiger partial charge on any atom is -0.306 e. The van der Waals surface area contributed by atoms with Gasteiger partial charge in [0.1, 0.15) is 0 Å². The first-order valence-electron chi connectivity index (χ1n) is 7.75. The van der Waals surface area contributed by atoms with E-state index in [0.29, 0.717) is 5.41 Å². The summed E-state index contributed by atoms with van der Waals surface area (Å²) in [6.07, 6.45) is 5.72. The maximum absolute atomic E-state index is 2.77. The van der Waals surface area contributed by atoms with Crippen molar-refractivity contribution in [2.24, 2.45) is 11.3 Å². The van der Waals surface area contributed by atoms with Gasteiger partial charge in [0.15, 0.2) is 0 Å². The Kier molecular flexibility index (Phi) is 3.65. The molecule has 0 aromatic carbocycles. The van der Waals surface area contributed by atoms with E-state index in [9.17, 15) is 0 Å². The van der Waals surface area contributed by atoms with Crippen LogP contribution < -0.4 is 0 Å². The Morgan fingerprint density at radius 3 is 2.28 bits per heavy atom. The molecule has 3 nitrogen and oxygen atoms in total. The molecule has 1 atom stereocenters. The molecule has 18 heavy (non-hydrogen) atoms. The van der Waals surface area contributed by atoms with Crippen molar-refractivity contribution in [3.05, 3.63) is 0 Å². The van der Waals surface area contributed by atoms with Crippen molar-refractivity contribution in [2.75, 3.05) is 59.9 Å². The first-order chi connectivity index (χ1) is 8.65. The maximum Gasteiger partial charge on any atom is 0.00513 e. The zero-order valence-corrected chi connectivity index (χ0v) is 12.2. The molecule has 0 aromatic rings. The molecule has 3 rings (SSSR count). The van der Waals surface area contributed by atoms with E-state index >= 15 is 0 Å². The number of hydrogen-bond acceptors (Lipinski definition) is 3. The van der Waals surface area contributed by atoms with E-state index in [4.69, 9.17) is 0 Å². The fourth-order valence-electron chi connectivity index (χ4n) is 4.29. The SMILES string of the molecule is CN1CCC(CN2CCC3(CCN(C)C3)C2)CC1. The lowest BCUT2D eigenvalue weighted by Crippen LogP contribution is -2.37. The van der Waals surface area contributed by atoms with Crippen LogP contribution in [0.1, 0.15) is 25.7 Å². The Bertz CT molecular complexity index is 285. The zero-order chi connectivity index (χ0) is 12.6. The van der Waals surface area contributed by atoms with Gasteiger partial charge in [0.25, 0.3) is 0 Å². The summed E-state index contributed by atoms with van der Waals surface area (Å²) >= 11 is 0. The molecule has 0 bridgehead atoms. The van der Waals surface area contributed by atoms with Crippen LogP contribution >= 0.6 is 0 Å². The quantitative estimate of drug-likeness (QED) is 0.734. The summed E-state index contributed by atoms with van der Waals surface area (Å²) in [4.78, 5) is 7.78. The third-order valence-corrected chi connectivity index (χ3v) is 5.50. The Labute approximate surface area is 112 Å². The summed E-state index contributed by atoms with van der Waals surface area (Å²) < 4.78 is 0. The highest BCUT2D eigenvalue weighted by atomic mass is 15.2. The second-order valence-electron chi connectivity index (χ2n) is 7.22. The molecule has 104 valence electrons. The summed E-state index contributed by atoms with van der Waals surface area (Å²) in [5.74, 6) is 0.968. The summed E-state index contributed by atoms with van der Waals surface area (Å²) in [5, 5.41) is 0. The average molecular weight is 251 g/mol. The molecule has 0 radical (unpaired) electrons. The van der Waals surface area contributed by atoms with Crippen LogP contribution in [0.2, 0.25) is 0 Å². The van der Waals surface area contributed by atoms with E-state index in [1.165, 1.54) is 71.5 Å². The Hall–Kier alpha value is -0.120. The van der Waals surface area contributed by atoms with Gasteiger partial charge >= 0.3 is 0 Å². The van der Waals surface area contributed by atoms with E-state index in [1.807, 2.05) is 0 Å². The van der Waals surface area contributed by atoms with Crippen molar-refractivity contribution in [1.82, 2.24) is 14.7 Å². The van der Waals surface area contributed by atoms with Crippen molar-refractivity contribution in [3.63, 3.8) is 0 Å². The normalized spacial score (nSPS) is 37.0. The predicted octanol–water partition coefficient (Wildman–Crippen LogP) is 1.36. The lowest BCUT2D eigenvalue weighted by atomic mass is 9.86. The molecule has 0 saturated carbocycles. The molecular formula is C15H29N3. The molecule has 3 aliphatic rings. The topological polar surface area (TPSA) is 9.72 Å². The summed E-state index contributed by atoms with van der Waals surface area (Å²) in [6.45, 7) is 9.40. The standard InChI is InChI=1S/C15H29N3/c1-16-7-3-14(4-8-16)11-18-10-6-15(13-18)5-9-17(2)12-15/h14H,3-13H2,1-2H3. The van der Waals surface area contributed by atoms with Crippen LogP contribution in [0, 0.1) is 11.3 Å². The van der Waals surface area contributed by atoms with Gasteiger partial charge in [-0.05, 0) is 77.3 Å². The second kappa shape index (κ2) is 5.10. The van der Waals surface area contributed by atoms with Gasteiger partial charge in [0, 0.05) is 19.6 Å². The van der Waals surface area contributed by atoms with E-state index in [-0.39, 0.29) is 0 Å². The predicted molar refractivity (Wildman–Crippen MR) is 75.8 cm³/mol. The fourth-order valence-corrected chi connectivity index (χ4v) is 4.29. The third-order valence-electron chi connectivity index (χ3n) is 5.50. The molecule has 0 N–H and O–H groups in total. The van der Waals surface area contributed by atoms with Crippen LogP contribution in [0.25, 0.3) is 0 Å². The number of piperidine rings is 1. The highest BCUT2D eigenvalue weighted by molar-refractivity contribution is 4.96. The first kappa shape index (κ1) is 12.9. The minimum absolute atomic E-state index is 0.667. The largest absolute Gasteiger partial charge is 0.306 e. The first-order valence-corrected chi connectivity index (χ1v) is 7.75. The fraction of sp³-hybridized carbons (Fsp3) is 1.00. The molecule has 3 aliphatic heterocycles. The lowest BCUT2D eigenvalue weighted by molar-refractivity contribution is 0.165. The monoisotopic (exact) mass is 251 g/mol. The van der Waals surface area contributed by atoms with Gasteiger partial charge in [-0.3, -0.25) is 0 Å². The molecule has 0 aliphatic carbocycles. The maximum atomic E-state index is 2.77. The molecule has 3 heteroatoms. The molecule has 3 heterocycles. The lowest BCUT2D eigenvalue weighted by Gasteiger charge is -2.32. The van der Waals surface area contributed by atoms with Crippen LogP contribution in [-0.2, 0) is 0 Å². The Morgan fingerprint density at radius 1 is 0.889 bits per heavy atom.